The maximum Gasteiger partial charge on any atom is 0.223 e. The molecule has 0 saturated carbocycles. The molecule has 1 aromatic rings. The van der Waals surface area contributed by atoms with E-state index < -0.39 is 9.84 Å². The summed E-state index contributed by atoms with van der Waals surface area (Å²) in [6.45, 7) is 6.09. The Morgan fingerprint density at radius 1 is 1.37 bits per heavy atom. The van der Waals surface area contributed by atoms with E-state index in [4.69, 9.17) is 0 Å². The van der Waals surface area contributed by atoms with Crippen LogP contribution in [0.1, 0.15) is 44.0 Å². The summed E-state index contributed by atoms with van der Waals surface area (Å²) in [5.74, 6) is 1.36. The molecule has 0 aliphatic carbocycles. The standard InChI is InChI=1S/C13H21N3O2S/c1-9(2)12-7-10(3)14-13(16-12)15-11-5-4-6-19(17,18)8-11/h7,9,11H,4-6,8H2,1-3H3,(H,14,15,16). The molecule has 0 aromatic carbocycles. The fraction of sp³-hybridized carbons (Fsp3) is 0.692. The summed E-state index contributed by atoms with van der Waals surface area (Å²) >= 11 is 0. The SMILES string of the molecule is Cc1cc(C(C)C)nc(NC2CCCS(=O)(=O)C2)n1. The monoisotopic (exact) mass is 283 g/mol. The van der Waals surface area contributed by atoms with Gasteiger partial charge in [-0.25, -0.2) is 18.4 Å². The molecule has 2 rings (SSSR count). The highest BCUT2D eigenvalue weighted by Crippen LogP contribution is 2.18. The number of aromatic nitrogens is 2. The molecule has 6 heteroatoms. The van der Waals surface area contributed by atoms with Crippen LogP contribution in [0.2, 0.25) is 0 Å². The van der Waals surface area contributed by atoms with Crippen molar-refractivity contribution in [2.75, 3.05) is 16.8 Å². The molecule has 1 atom stereocenters. The molecule has 106 valence electrons. The Kier molecular flexibility index (Phi) is 4.08. The lowest BCUT2D eigenvalue weighted by molar-refractivity contribution is 0.561. The summed E-state index contributed by atoms with van der Waals surface area (Å²) in [6.07, 6.45) is 1.57. The number of rotatable bonds is 3. The minimum absolute atomic E-state index is 0.0689. The van der Waals surface area contributed by atoms with Crippen molar-refractivity contribution in [1.29, 1.82) is 0 Å². The highest BCUT2D eigenvalue weighted by Gasteiger charge is 2.25. The molecule has 1 saturated heterocycles. The Morgan fingerprint density at radius 2 is 2.11 bits per heavy atom. The van der Waals surface area contributed by atoms with Crippen molar-refractivity contribution in [2.45, 2.75) is 45.6 Å². The molecule has 1 N–H and O–H groups in total. The van der Waals surface area contributed by atoms with Crippen molar-refractivity contribution in [3.05, 3.63) is 17.5 Å². The van der Waals surface area contributed by atoms with Crippen LogP contribution in [0.15, 0.2) is 6.07 Å². The molecule has 1 aromatic heterocycles. The minimum Gasteiger partial charge on any atom is -0.350 e. The molecule has 1 aliphatic heterocycles. The quantitative estimate of drug-likeness (QED) is 0.917. The third kappa shape index (κ3) is 3.89. The van der Waals surface area contributed by atoms with Crippen molar-refractivity contribution in [2.24, 2.45) is 0 Å². The van der Waals surface area contributed by atoms with Gasteiger partial charge < -0.3 is 5.32 Å². The van der Waals surface area contributed by atoms with E-state index in [9.17, 15) is 8.42 Å². The van der Waals surface area contributed by atoms with Gasteiger partial charge >= 0.3 is 0 Å². The lowest BCUT2D eigenvalue weighted by Crippen LogP contribution is -2.35. The van der Waals surface area contributed by atoms with Crippen molar-refractivity contribution in [3.8, 4) is 0 Å². The zero-order valence-electron chi connectivity index (χ0n) is 11.7. The summed E-state index contributed by atoms with van der Waals surface area (Å²) in [6, 6.07) is 1.90. The van der Waals surface area contributed by atoms with Gasteiger partial charge in [0, 0.05) is 17.4 Å². The molecule has 1 unspecified atom stereocenters. The third-order valence-electron chi connectivity index (χ3n) is 3.26. The first kappa shape index (κ1) is 14.2. The molecular formula is C13H21N3O2S. The van der Waals surface area contributed by atoms with Gasteiger partial charge in [0.1, 0.15) is 0 Å². The average molecular weight is 283 g/mol. The number of aryl methyl sites for hydroxylation is 1. The number of anilines is 1. The normalized spacial score (nSPS) is 22.4. The zero-order chi connectivity index (χ0) is 14.0. The van der Waals surface area contributed by atoms with Crippen LogP contribution < -0.4 is 5.32 Å². The van der Waals surface area contributed by atoms with Crippen LogP contribution in [0.4, 0.5) is 5.95 Å². The summed E-state index contributed by atoms with van der Waals surface area (Å²) < 4.78 is 23.2. The first-order chi connectivity index (χ1) is 8.85. The maximum atomic E-state index is 11.6. The van der Waals surface area contributed by atoms with E-state index in [1.807, 2.05) is 13.0 Å². The fourth-order valence-electron chi connectivity index (χ4n) is 2.27. The largest absolute Gasteiger partial charge is 0.350 e. The number of hydrogen-bond donors (Lipinski definition) is 1. The minimum atomic E-state index is -2.91. The smallest absolute Gasteiger partial charge is 0.223 e. The first-order valence-electron chi connectivity index (χ1n) is 6.68. The van der Waals surface area contributed by atoms with Gasteiger partial charge in [0.2, 0.25) is 5.95 Å². The molecule has 5 nitrogen and oxygen atoms in total. The lowest BCUT2D eigenvalue weighted by atomic mass is 10.1. The fourth-order valence-corrected chi connectivity index (χ4v) is 3.91. The van der Waals surface area contributed by atoms with E-state index in [1.165, 1.54) is 0 Å². The summed E-state index contributed by atoms with van der Waals surface area (Å²) in [7, 11) is -2.91. The number of nitrogens with one attached hydrogen (secondary N) is 1. The van der Waals surface area contributed by atoms with Gasteiger partial charge in [-0.3, -0.25) is 0 Å². The van der Waals surface area contributed by atoms with Crippen LogP contribution >= 0.6 is 0 Å². The number of hydrogen-bond acceptors (Lipinski definition) is 5. The van der Waals surface area contributed by atoms with Crippen molar-refractivity contribution < 1.29 is 8.42 Å². The van der Waals surface area contributed by atoms with E-state index in [1.54, 1.807) is 0 Å². The lowest BCUT2D eigenvalue weighted by Gasteiger charge is -2.23. The highest BCUT2D eigenvalue weighted by molar-refractivity contribution is 7.91. The topological polar surface area (TPSA) is 72.0 Å². The third-order valence-corrected chi connectivity index (χ3v) is 5.08. The Labute approximate surface area is 114 Å². The van der Waals surface area contributed by atoms with Gasteiger partial charge in [-0.1, -0.05) is 13.8 Å². The second kappa shape index (κ2) is 5.45. The van der Waals surface area contributed by atoms with E-state index in [0.717, 1.165) is 17.8 Å². The molecule has 19 heavy (non-hydrogen) atoms. The van der Waals surface area contributed by atoms with Crippen molar-refractivity contribution >= 4 is 15.8 Å². The Balaban J connectivity index is 2.14. The molecule has 0 radical (unpaired) electrons. The van der Waals surface area contributed by atoms with Gasteiger partial charge in [-0.05, 0) is 31.7 Å². The summed E-state index contributed by atoms with van der Waals surface area (Å²) in [4.78, 5) is 8.80. The Morgan fingerprint density at radius 3 is 2.74 bits per heavy atom. The maximum absolute atomic E-state index is 11.6. The van der Waals surface area contributed by atoms with Crippen molar-refractivity contribution in [3.63, 3.8) is 0 Å². The molecule has 1 aliphatic rings. The molecule has 0 amide bonds. The van der Waals surface area contributed by atoms with E-state index >= 15 is 0 Å². The molecule has 2 heterocycles. The predicted molar refractivity (Wildman–Crippen MR) is 76.2 cm³/mol. The second-order valence-electron chi connectivity index (χ2n) is 5.51. The highest BCUT2D eigenvalue weighted by atomic mass is 32.2. The van der Waals surface area contributed by atoms with E-state index in [2.05, 4.69) is 29.1 Å². The van der Waals surface area contributed by atoms with Crippen molar-refractivity contribution in [1.82, 2.24) is 9.97 Å². The summed E-state index contributed by atoms with van der Waals surface area (Å²) in [5.41, 5.74) is 1.88. The van der Waals surface area contributed by atoms with Gasteiger partial charge in [0.05, 0.1) is 11.5 Å². The Bertz CT molecular complexity index is 555. The van der Waals surface area contributed by atoms with Crippen LogP contribution in [-0.4, -0.2) is 35.9 Å². The summed E-state index contributed by atoms with van der Waals surface area (Å²) in [5, 5.41) is 3.17. The van der Waals surface area contributed by atoms with E-state index in [0.29, 0.717) is 24.0 Å². The van der Waals surface area contributed by atoms with Crippen LogP contribution in [0.5, 0.6) is 0 Å². The van der Waals surface area contributed by atoms with Gasteiger partial charge in [-0.2, -0.15) is 0 Å². The van der Waals surface area contributed by atoms with Gasteiger partial charge in [0.15, 0.2) is 9.84 Å². The average Bonchev–Trinajstić information content (AvgIpc) is 2.26. The van der Waals surface area contributed by atoms with Gasteiger partial charge in [-0.15, -0.1) is 0 Å². The van der Waals surface area contributed by atoms with Crippen LogP contribution in [-0.2, 0) is 9.84 Å². The van der Waals surface area contributed by atoms with Crippen LogP contribution in [0.3, 0.4) is 0 Å². The molecule has 1 fully saturated rings. The Hall–Kier alpha value is -1.17. The van der Waals surface area contributed by atoms with Crippen LogP contribution in [0.25, 0.3) is 0 Å². The number of sulfone groups is 1. The molecular weight excluding hydrogens is 262 g/mol. The van der Waals surface area contributed by atoms with Gasteiger partial charge in [0.25, 0.3) is 0 Å². The molecule has 0 spiro atoms. The predicted octanol–water partition coefficient (Wildman–Crippen LogP) is 1.90. The zero-order valence-corrected chi connectivity index (χ0v) is 12.5. The number of nitrogens with zero attached hydrogens (tertiary/aromatic N) is 2. The van der Waals surface area contributed by atoms with Crippen LogP contribution in [0, 0.1) is 6.92 Å². The molecule has 0 bridgehead atoms. The second-order valence-corrected chi connectivity index (χ2v) is 7.74. The first-order valence-corrected chi connectivity index (χ1v) is 8.50. The van der Waals surface area contributed by atoms with E-state index in [-0.39, 0.29) is 11.8 Å².